The second kappa shape index (κ2) is 6.78. The lowest BCUT2D eigenvalue weighted by Gasteiger charge is -2.28. The van der Waals surface area contributed by atoms with Gasteiger partial charge in [0.05, 0.1) is 12.0 Å². The van der Waals surface area contributed by atoms with Gasteiger partial charge in [0, 0.05) is 4.47 Å². The molecule has 2 nitrogen and oxygen atoms in total. The Labute approximate surface area is 151 Å². The second-order valence-corrected chi connectivity index (χ2v) is 7.32. The van der Waals surface area contributed by atoms with Gasteiger partial charge in [-0.2, -0.15) is 0 Å². The number of carbonyl (C=O) groups excluding carboxylic acids is 1. The molecule has 0 aliphatic heterocycles. The van der Waals surface area contributed by atoms with E-state index in [1.165, 1.54) is 10.8 Å². The van der Waals surface area contributed by atoms with E-state index in [-0.39, 0.29) is 5.91 Å². The maximum Gasteiger partial charge on any atom is 0.225 e. The van der Waals surface area contributed by atoms with Crippen LogP contribution in [-0.2, 0) is 16.8 Å². The van der Waals surface area contributed by atoms with Crippen LogP contribution in [-0.4, -0.2) is 5.91 Å². The van der Waals surface area contributed by atoms with Crippen LogP contribution in [0.25, 0.3) is 10.8 Å². The van der Waals surface area contributed by atoms with E-state index in [0.717, 1.165) is 15.6 Å². The molecule has 3 rings (SSSR count). The first-order valence-electron chi connectivity index (χ1n) is 8.00. The zero-order chi connectivity index (χ0) is 17.2. The lowest BCUT2D eigenvalue weighted by Crippen LogP contribution is -2.41. The Hall–Kier alpha value is -2.13. The molecule has 3 heteroatoms. The minimum atomic E-state index is -0.445. The van der Waals surface area contributed by atoms with Gasteiger partial charge in [-0.3, -0.25) is 4.79 Å². The number of carbonyl (C=O) groups is 1. The molecule has 24 heavy (non-hydrogen) atoms. The van der Waals surface area contributed by atoms with E-state index in [9.17, 15) is 4.79 Å². The van der Waals surface area contributed by atoms with Crippen LogP contribution in [0.2, 0.25) is 0 Å². The van der Waals surface area contributed by atoms with Crippen molar-refractivity contribution < 1.29 is 4.79 Å². The number of fused-ring (bicyclic) bond motifs is 1. The van der Waals surface area contributed by atoms with Crippen molar-refractivity contribution in [2.24, 2.45) is 0 Å². The van der Waals surface area contributed by atoms with Crippen LogP contribution < -0.4 is 5.32 Å². The van der Waals surface area contributed by atoms with Crippen LogP contribution in [0.3, 0.4) is 0 Å². The SMILES string of the molecule is CC(C)(NC(=O)Cc1ccccc1Br)c1cccc2ccccc12. The third-order valence-corrected chi connectivity index (χ3v) is 5.00. The molecule has 0 unspecified atom stereocenters. The summed E-state index contributed by atoms with van der Waals surface area (Å²) in [5.74, 6) is 0.0137. The molecular weight excluding hydrogens is 362 g/mol. The van der Waals surface area contributed by atoms with E-state index < -0.39 is 5.54 Å². The van der Waals surface area contributed by atoms with Crippen LogP contribution in [0.5, 0.6) is 0 Å². The third kappa shape index (κ3) is 3.51. The van der Waals surface area contributed by atoms with E-state index in [1.807, 2.05) is 56.3 Å². The molecule has 0 atom stereocenters. The Morgan fingerprint density at radius 2 is 1.62 bits per heavy atom. The highest BCUT2D eigenvalue weighted by Gasteiger charge is 2.24. The molecule has 0 aromatic heterocycles. The fraction of sp³-hybridized carbons (Fsp3) is 0.190. The Morgan fingerprint density at radius 3 is 2.42 bits per heavy atom. The lowest BCUT2D eigenvalue weighted by molar-refractivity contribution is -0.122. The normalized spacial score (nSPS) is 11.5. The summed E-state index contributed by atoms with van der Waals surface area (Å²) in [4.78, 5) is 12.6. The Bertz CT molecular complexity index is 880. The van der Waals surface area contributed by atoms with Gasteiger partial charge in [-0.15, -0.1) is 0 Å². The highest BCUT2D eigenvalue weighted by molar-refractivity contribution is 9.10. The Morgan fingerprint density at radius 1 is 0.958 bits per heavy atom. The Balaban J connectivity index is 1.85. The molecule has 0 aliphatic carbocycles. The van der Waals surface area contributed by atoms with Crippen LogP contribution in [0.15, 0.2) is 71.2 Å². The van der Waals surface area contributed by atoms with Gasteiger partial charge in [-0.1, -0.05) is 76.6 Å². The summed E-state index contributed by atoms with van der Waals surface area (Å²) < 4.78 is 0.961. The predicted molar refractivity (Wildman–Crippen MR) is 103 cm³/mol. The van der Waals surface area contributed by atoms with E-state index >= 15 is 0 Å². The lowest BCUT2D eigenvalue weighted by atomic mass is 9.89. The molecule has 1 amide bonds. The largest absolute Gasteiger partial charge is 0.347 e. The quantitative estimate of drug-likeness (QED) is 0.661. The van der Waals surface area contributed by atoms with Gasteiger partial charge in [-0.05, 0) is 41.8 Å². The van der Waals surface area contributed by atoms with E-state index in [1.54, 1.807) is 0 Å². The molecule has 3 aromatic carbocycles. The maximum atomic E-state index is 12.6. The summed E-state index contributed by atoms with van der Waals surface area (Å²) in [7, 11) is 0. The summed E-state index contributed by atoms with van der Waals surface area (Å²) in [6.07, 6.45) is 0.357. The monoisotopic (exact) mass is 381 g/mol. The number of nitrogens with one attached hydrogen (secondary N) is 1. The predicted octanol–water partition coefficient (Wildman–Crippen LogP) is 5.20. The fourth-order valence-electron chi connectivity index (χ4n) is 3.05. The molecular formula is C21H20BrNO. The topological polar surface area (TPSA) is 29.1 Å². The molecule has 1 N–H and O–H groups in total. The zero-order valence-corrected chi connectivity index (χ0v) is 15.4. The minimum absolute atomic E-state index is 0.0137. The van der Waals surface area contributed by atoms with Crippen molar-refractivity contribution in [3.05, 3.63) is 82.3 Å². The molecule has 0 heterocycles. The van der Waals surface area contributed by atoms with Gasteiger partial charge < -0.3 is 5.32 Å². The van der Waals surface area contributed by atoms with Gasteiger partial charge in [0.1, 0.15) is 0 Å². The van der Waals surface area contributed by atoms with E-state index in [4.69, 9.17) is 0 Å². The van der Waals surface area contributed by atoms with Crippen molar-refractivity contribution in [3.63, 3.8) is 0 Å². The van der Waals surface area contributed by atoms with Crippen molar-refractivity contribution >= 4 is 32.6 Å². The van der Waals surface area contributed by atoms with Crippen LogP contribution in [0.4, 0.5) is 0 Å². The van der Waals surface area contributed by atoms with Gasteiger partial charge in [0.25, 0.3) is 0 Å². The first-order chi connectivity index (χ1) is 11.5. The zero-order valence-electron chi connectivity index (χ0n) is 13.8. The van der Waals surface area contributed by atoms with Crippen molar-refractivity contribution in [1.29, 1.82) is 0 Å². The number of hydrogen-bond acceptors (Lipinski definition) is 1. The minimum Gasteiger partial charge on any atom is -0.347 e. The first-order valence-corrected chi connectivity index (χ1v) is 8.79. The number of amides is 1. The van der Waals surface area contributed by atoms with E-state index in [0.29, 0.717) is 6.42 Å². The first kappa shape index (κ1) is 16.7. The molecule has 122 valence electrons. The summed E-state index contributed by atoms with van der Waals surface area (Å²) >= 11 is 3.50. The molecule has 0 bridgehead atoms. The van der Waals surface area contributed by atoms with Gasteiger partial charge in [-0.25, -0.2) is 0 Å². The molecule has 0 aliphatic rings. The van der Waals surface area contributed by atoms with Crippen molar-refractivity contribution in [1.82, 2.24) is 5.32 Å². The van der Waals surface area contributed by atoms with Crippen molar-refractivity contribution in [2.75, 3.05) is 0 Å². The smallest absolute Gasteiger partial charge is 0.225 e. The molecule has 0 saturated heterocycles. The number of hydrogen-bond donors (Lipinski definition) is 1. The van der Waals surface area contributed by atoms with Crippen molar-refractivity contribution in [3.8, 4) is 0 Å². The average molecular weight is 382 g/mol. The number of rotatable bonds is 4. The summed E-state index contributed by atoms with van der Waals surface area (Å²) in [6, 6.07) is 22.3. The van der Waals surface area contributed by atoms with Gasteiger partial charge in [0.15, 0.2) is 0 Å². The molecule has 0 fully saturated rings. The number of halogens is 1. The molecule has 0 saturated carbocycles. The van der Waals surface area contributed by atoms with Gasteiger partial charge >= 0.3 is 0 Å². The molecule has 3 aromatic rings. The fourth-order valence-corrected chi connectivity index (χ4v) is 3.47. The highest BCUT2D eigenvalue weighted by Crippen LogP contribution is 2.28. The van der Waals surface area contributed by atoms with Crippen LogP contribution >= 0.6 is 15.9 Å². The van der Waals surface area contributed by atoms with Gasteiger partial charge in [0.2, 0.25) is 5.91 Å². The standard InChI is InChI=1S/C21H20BrNO/c1-21(2,18-12-7-10-15-8-3-5-11-17(15)18)23-20(24)14-16-9-4-6-13-19(16)22/h3-13H,14H2,1-2H3,(H,23,24). The third-order valence-electron chi connectivity index (χ3n) is 4.22. The summed E-state index contributed by atoms with van der Waals surface area (Å²) in [5, 5.41) is 5.54. The van der Waals surface area contributed by atoms with Crippen LogP contribution in [0.1, 0.15) is 25.0 Å². The van der Waals surface area contributed by atoms with E-state index in [2.05, 4.69) is 45.5 Å². The molecule has 0 spiro atoms. The maximum absolute atomic E-state index is 12.6. The highest BCUT2D eigenvalue weighted by atomic mass is 79.9. The van der Waals surface area contributed by atoms with Crippen LogP contribution in [0, 0.1) is 0 Å². The molecule has 0 radical (unpaired) electrons. The average Bonchev–Trinajstić information content (AvgIpc) is 2.56. The van der Waals surface area contributed by atoms with Crippen molar-refractivity contribution in [2.45, 2.75) is 25.8 Å². The Kier molecular flexibility index (Phi) is 4.72. The summed E-state index contributed by atoms with van der Waals surface area (Å²) in [6.45, 7) is 4.10. The summed E-state index contributed by atoms with van der Waals surface area (Å²) in [5.41, 5.74) is 1.67. The number of benzene rings is 3. The second-order valence-electron chi connectivity index (χ2n) is 6.47.